The van der Waals surface area contributed by atoms with Gasteiger partial charge in [-0.25, -0.2) is 14.4 Å². The number of hydrogen-bond donors (Lipinski definition) is 0. The summed E-state index contributed by atoms with van der Waals surface area (Å²) in [6.45, 7) is 3.33. The van der Waals surface area contributed by atoms with Crippen LogP contribution in [0.2, 0.25) is 0 Å². The molecule has 0 N–H and O–H groups in total. The van der Waals surface area contributed by atoms with Crippen LogP contribution in [-0.2, 0) is 28.6 Å². The molecule has 7 heteroatoms. The molecule has 0 aliphatic carbocycles. The zero-order valence-electron chi connectivity index (χ0n) is 14.2. The van der Waals surface area contributed by atoms with Crippen molar-refractivity contribution in [3.63, 3.8) is 0 Å². The lowest BCUT2D eigenvalue weighted by molar-refractivity contribution is -0.147. The van der Waals surface area contributed by atoms with Crippen molar-refractivity contribution in [3.8, 4) is 5.75 Å². The number of carbonyl (C=O) groups is 3. The normalized spacial score (nSPS) is 13.0. The third-order valence-corrected chi connectivity index (χ3v) is 3.30. The molecule has 1 aromatic carbocycles. The number of ether oxygens (including phenoxy) is 4. The highest BCUT2D eigenvalue weighted by Gasteiger charge is 2.34. The van der Waals surface area contributed by atoms with Crippen LogP contribution in [0.4, 0.5) is 0 Å². The lowest BCUT2D eigenvalue weighted by Crippen LogP contribution is -2.21. The van der Waals surface area contributed by atoms with Crippen molar-refractivity contribution in [1.29, 1.82) is 0 Å². The Kier molecular flexibility index (Phi) is 5.94. The van der Waals surface area contributed by atoms with Gasteiger partial charge in [0, 0.05) is 11.6 Å². The quantitative estimate of drug-likeness (QED) is 0.256. The Morgan fingerprint density at radius 1 is 1.00 bits per heavy atom. The smallest absolute Gasteiger partial charge is 0.349 e. The van der Waals surface area contributed by atoms with Crippen LogP contribution in [0.3, 0.4) is 0 Å². The first-order valence-electron chi connectivity index (χ1n) is 7.68. The number of cyclic esters (lactones) is 1. The standard InChI is InChI=1S/C18H18O7/c1-4-23-17(20)15(18(21)24-5-2)16-13(10-14(19)25-16)11-6-8-12(22-3)9-7-11/h6-10H,4-5H2,1-3H3. The van der Waals surface area contributed by atoms with Crippen molar-refractivity contribution < 1.29 is 33.3 Å². The summed E-state index contributed by atoms with van der Waals surface area (Å²) in [4.78, 5) is 36.2. The third-order valence-electron chi connectivity index (χ3n) is 3.30. The first kappa shape index (κ1) is 18.3. The van der Waals surface area contributed by atoms with Crippen molar-refractivity contribution >= 4 is 23.5 Å². The summed E-state index contributed by atoms with van der Waals surface area (Å²) in [6.07, 6.45) is 1.20. The van der Waals surface area contributed by atoms with Gasteiger partial charge >= 0.3 is 17.9 Å². The molecule has 7 nitrogen and oxygen atoms in total. The molecule has 0 aromatic heterocycles. The molecule has 0 unspecified atom stereocenters. The molecule has 1 heterocycles. The minimum Gasteiger partial charge on any atom is -0.497 e. The van der Waals surface area contributed by atoms with Gasteiger partial charge in [-0.2, -0.15) is 0 Å². The van der Waals surface area contributed by atoms with Gasteiger partial charge in [0.25, 0.3) is 0 Å². The fourth-order valence-electron chi connectivity index (χ4n) is 2.21. The Bertz CT molecular complexity index is 721. The lowest BCUT2D eigenvalue weighted by atomic mass is 10.0. The molecule has 0 saturated carbocycles. The molecule has 0 radical (unpaired) electrons. The highest BCUT2D eigenvalue weighted by molar-refractivity contribution is 6.18. The average molecular weight is 346 g/mol. The molecule has 25 heavy (non-hydrogen) atoms. The molecule has 132 valence electrons. The monoisotopic (exact) mass is 346 g/mol. The average Bonchev–Trinajstić information content (AvgIpc) is 2.97. The van der Waals surface area contributed by atoms with Crippen molar-refractivity contribution in [3.05, 3.63) is 47.2 Å². The number of methoxy groups -OCH3 is 1. The predicted molar refractivity (Wildman–Crippen MR) is 87.4 cm³/mol. The number of allylic oxidation sites excluding steroid dienone is 1. The Labute approximate surface area is 144 Å². The second-order valence-corrected chi connectivity index (χ2v) is 4.85. The van der Waals surface area contributed by atoms with Crippen LogP contribution in [0, 0.1) is 0 Å². The van der Waals surface area contributed by atoms with Crippen LogP contribution in [0.25, 0.3) is 5.57 Å². The molecule has 0 bridgehead atoms. The van der Waals surface area contributed by atoms with E-state index < -0.39 is 23.5 Å². The largest absolute Gasteiger partial charge is 0.497 e. The Hall–Kier alpha value is -3.09. The molecule has 0 saturated heterocycles. The van der Waals surface area contributed by atoms with E-state index in [0.29, 0.717) is 16.9 Å². The maximum atomic E-state index is 12.2. The topological polar surface area (TPSA) is 88.1 Å². The van der Waals surface area contributed by atoms with E-state index in [1.165, 1.54) is 13.2 Å². The third kappa shape index (κ3) is 4.06. The zero-order valence-corrected chi connectivity index (χ0v) is 14.2. The SMILES string of the molecule is CCOC(=O)C(C(=O)OCC)=C1OC(=O)C=C1c1ccc(OC)cc1. The summed E-state index contributed by atoms with van der Waals surface area (Å²) in [5, 5.41) is 0. The highest BCUT2D eigenvalue weighted by atomic mass is 16.6. The van der Waals surface area contributed by atoms with Gasteiger partial charge in [-0.3, -0.25) is 0 Å². The second-order valence-electron chi connectivity index (χ2n) is 4.85. The Morgan fingerprint density at radius 2 is 1.56 bits per heavy atom. The molecular formula is C18H18O7. The minimum atomic E-state index is -0.912. The molecule has 2 rings (SSSR count). The fourth-order valence-corrected chi connectivity index (χ4v) is 2.21. The maximum absolute atomic E-state index is 12.2. The minimum absolute atomic E-state index is 0.0601. The molecule has 1 aliphatic rings. The van der Waals surface area contributed by atoms with Crippen molar-refractivity contribution in [2.75, 3.05) is 20.3 Å². The molecule has 0 amide bonds. The summed E-state index contributed by atoms with van der Waals surface area (Å²) in [6, 6.07) is 6.73. The van der Waals surface area contributed by atoms with Gasteiger partial charge in [0.1, 0.15) is 5.75 Å². The van der Waals surface area contributed by atoms with Crippen LogP contribution in [0.1, 0.15) is 19.4 Å². The van der Waals surface area contributed by atoms with E-state index in [-0.39, 0.29) is 19.0 Å². The van der Waals surface area contributed by atoms with Crippen molar-refractivity contribution in [1.82, 2.24) is 0 Å². The summed E-state index contributed by atoms with van der Waals surface area (Å²) in [5.74, 6) is -2.06. The van der Waals surface area contributed by atoms with Crippen LogP contribution in [0.5, 0.6) is 5.75 Å². The van der Waals surface area contributed by atoms with E-state index in [1.54, 1.807) is 38.1 Å². The summed E-state index contributed by atoms with van der Waals surface area (Å²) in [7, 11) is 1.53. The number of hydrogen-bond acceptors (Lipinski definition) is 7. The van der Waals surface area contributed by atoms with Crippen LogP contribution in [-0.4, -0.2) is 38.2 Å². The van der Waals surface area contributed by atoms with Crippen LogP contribution >= 0.6 is 0 Å². The summed E-state index contributed by atoms with van der Waals surface area (Å²) < 4.78 is 20.0. The van der Waals surface area contributed by atoms with Crippen molar-refractivity contribution in [2.24, 2.45) is 0 Å². The Balaban J connectivity index is 2.53. The van der Waals surface area contributed by atoms with Gasteiger partial charge in [0.05, 0.1) is 20.3 Å². The fraction of sp³-hybridized carbons (Fsp3) is 0.278. The number of esters is 3. The van der Waals surface area contributed by atoms with Gasteiger partial charge in [-0.05, 0) is 31.5 Å². The number of rotatable bonds is 6. The molecule has 1 aliphatic heterocycles. The molecule has 0 atom stereocenters. The van der Waals surface area contributed by atoms with E-state index in [2.05, 4.69) is 0 Å². The van der Waals surface area contributed by atoms with Crippen molar-refractivity contribution in [2.45, 2.75) is 13.8 Å². The van der Waals surface area contributed by atoms with Crippen LogP contribution in [0.15, 0.2) is 41.7 Å². The summed E-state index contributed by atoms with van der Waals surface area (Å²) >= 11 is 0. The van der Waals surface area contributed by atoms with E-state index >= 15 is 0 Å². The van der Waals surface area contributed by atoms with Gasteiger partial charge in [-0.15, -0.1) is 0 Å². The predicted octanol–water partition coefficient (Wildman–Crippen LogP) is 2.02. The highest BCUT2D eigenvalue weighted by Crippen LogP contribution is 2.33. The van der Waals surface area contributed by atoms with E-state index in [1.807, 2.05) is 0 Å². The van der Waals surface area contributed by atoms with E-state index in [0.717, 1.165) is 0 Å². The first-order valence-corrected chi connectivity index (χ1v) is 7.68. The zero-order chi connectivity index (χ0) is 18.4. The summed E-state index contributed by atoms with van der Waals surface area (Å²) in [5.41, 5.74) is 0.424. The van der Waals surface area contributed by atoms with Crippen LogP contribution < -0.4 is 4.74 Å². The maximum Gasteiger partial charge on any atom is 0.349 e. The van der Waals surface area contributed by atoms with Gasteiger partial charge in [-0.1, -0.05) is 12.1 Å². The molecule has 0 spiro atoms. The Morgan fingerprint density at radius 3 is 2.04 bits per heavy atom. The van der Waals surface area contributed by atoms with Gasteiger partial charge in [0.2, 0.25) is 0 Å². The molecule has 0 fully saturated rings. The first-order chi connectivity index (χ1) is 12.0. The molecular weight excluding hydrogens is 328 g/mol. The number of benzene rings is 1. The second kappa shape index (κ2) is 8.14. The van der Waals surface area contributed by atoms with Gasteiger partial charge in [0.15, 0.2) is 11.3 Å². The molecule has 1 aromatic rings. The van der Waals surface area contributed by atoms with Gasteiger partial charge < -0.3 is 18.9 Å². The lowest BCUT2D eigenvalue weighted by Gasteiger charge is -2.12. The van der Waals surface area contributed by atoms with E-state index in [4.69, 9.17) is 18.9 Å². The number of carbonyl (C=O) groups excluding carboxylic acids is 3. The van der Waals surface area contributed by atoms with E-state index in [9.17, 15) is 14.4 Å².